The molecule has 2 amide bonds. The summed E-state index contributed by atoms with van der Waals surface area (Å²) >= 11 is 0. The van der Waals surface area contributed by atoms with E-state index in [1.165, 1.54) is 0 Å². The van der Waals surface area contributed by atoms with Gasteiger partial charge in [-0.3, -0.25) is 20.2 Å². The number of aliphatic imine (C=N–C) groups is 1. The van der Waals surface area contributed by atoms with Crippen LogP contribution in [0.5, 0.6) is 5.75 Å². The lowest BCUT2D eigenvalue weighted by Gasteiger charge is -2.23. The van der Waals surface area contributed by atoms with Crippen LogP contribution in [0.4, 0.5) is 0 Å². The molecule has 2 aromatic carbocycles. The third-order valence-electron chi connectivity index (χ3n) is 4.01. The molecule has 3 rings (SSSR count). The molecule has 26 heavy (non-hydrogen) atoms. The van der Waals surface area contributed by atoms with E-state index in [1.807, 2.05) is 50.2 Å². The molecule has 0 unspecified atom stereocenters. The number of carbonyl (C=O) groups is 2. The first kappa shape index (κ1) is 17.7. The highest BCUT2D eigenvalue weighted by Gasteiger charge is 2.25. The number of para-hydroxylation sites is 1. The number of nitrogens with one attached hydrogen (secondary N) is 2. The van der Waals surface area contributed by atoms with Crippen LogP contribution in [-0.4, -0.2) is 24.4 Å². The predicted molar refractivity (Wildman–Crippen MR) is 99.2 cm³/mol. The van der Waals surface area contributed by atoms with Gasteiger partial charge >= 0.3 is 0 Å². The average Bonchev–Trinajstić information content (AvgIpc) is 2.62. The van der Waals surface area contributed by atoms with E-state index in [0.717, 1.165) is 11.1 Å². The highest BCUT2D eigenvalue weighted by molar-refractivity contribution is 6.10. The van der Waals surface area contributed by atoms with E-state index in [9.17, 15) is 9.59 Å². The summed E-state index contributed by atoms with van der Waals surface area (Å²) in [5.74, 6) is 0.342. The zero-order valence-corrected chi connectivity index (χ0v) is 14.8. The van der Waals surface area contributed by atoms with Crippen LogP contribution in [0.25, 0.3) is 0 Å². The standard InChI is InChI=1S/C20H21N3O3/c1-3-26-17-10-5-4-9-15(17)16-12-18(24)22-20(21-16)23-19(25)14-8-6-7-13(2)11-14/h4-11,16H,3,12H2,1-2H3,(H2,21,22,23,24,25)/t16-/m0/s1. The van der Waals surface area contributed by atoms with Crippen LogP contribution < -0.4 is 15.4 Å². The summed E-state index contributed by atoms with van der Waals surface area (Å²) in [6, 6.07) is 14.3. The van der Waals surface area contributed by atoms with Gasteiger partial charge in [-0.1, -0.05) is 35.9 Å². The number of hydrogen-bond acceptors (Lipinski definition) is 4. The fraction of sp³-hybridized carbons (Fsp3) is 0.250. The second-order valence-electron chi connectivity index (χ2n) is 6.04. The summed E-state index contributed by atoms with van der Waals surface area (Å²) in [5.41, 5.74) is 2.32. The second kappa shape index (κ2) is 7.82. The molecule has 0 radical (unpaired) electrons. The third-order valence-corrected chi connectivity index (χ3v) is 4.01. The van der Waals surface area contributed by atoms with E-state index in [-0.39, 0.29) is 24.2 Å². The lowest BCUT2D eigenvalue weighted by atomic mass is 10.0. The summed E-state index contributed by atoms with van der Waals surface area (Å²) in [4.78, 5) is 29.0. The largest absolute Gasteiger partial charge is 0.494 e. The van der Waals surface area contributed by atoms with Crippen molar-refractivity contribution >= 4 is 17.8 Å². The van der Waals surface area contributed by atoms with Crippen molar-refractivity contribution in [1.82, 2.24) is 10.6 Å². The van der Waals surface area contributed by atoms with Crippen molar-refractivity contribution in [3.8, 4) is 5.75 Å². The van der Waals surface area contributed by atoms with E-state index in [0.29, 0.717) is 17.9 Å². The fourth-order valence-corrected chi connectivity index (χ4v) is 2.84. The molecule has 1 aliphatic rings. The van der Waals surface area contributed by atoms with Crippen LogP contribution >= 0.6 is 0 Å². The number of benzene rings is 2. The SMILES string of the molecule is CCOc1ccccc1[C@@H]1CC(=O)NC(NC(=O)c2cccc(C)c2)=N1. The van der Waals surface area contributed by atoms with Crippen LogP contribution in [0.1, 0.15) is 40.9 Å². The lowest BCUT2D eigenvalue weighted by Crippen LogP contribution is -2.47. The van der Waals surface area contributed by atoms with E-state index in [4.69, 9.17) is 4.74 Å². The zero-order valence-electron chi connectivity index (χ0n) is 14.8. The minimum Gasteiger partial charge on any atom is -0.494 e. The van der Waals surface area contributed by atoms with Gasteiger partial charge < -0.3 is 4.74 Å². The molecule has 0 saturated heterocycles. The molecule has 0 aliphatic carbocycles. The summed E-state index contributed by atoms with van der Waals surface area (Å²) in [6.45, 7) is 4.34. The Morgan fingerprint density at radius 2 is 2.08 bits per heavy atom. The number of aryl methyl sites for hydroxylation is 1. The molecule has 0 spiro atoms. The monoisotopic (exact) mass is 351 g/mol. The van der Waals surface area contributed by atoms with Crippen molar-refractivity contribution in [2.24, 2.45) is 4.99 Å². The van der Waals surface area contributed by atoms with Crippen LogP contribution in [0.3, 0.4) is 0 Å². The molecule has 0 fully saturated rings. The maximum atomic E-state index is 12.4. The van der Waals surface area contributed by atoms with Gasteiger partial charge in [-0.2, -0.15) is 0 Å². The van der Waals surface area contributed by atoms with Crippen LogP contribution in [0, 0.1) is 6.92 Å². The fourth-order valence-electron chi connectivity index (χ4n) is 2.84. The van der Waals surface area contributed by atoms with Gasteiger partial charge in [0.15, 0.2) is 0 Å². The Labute approximate surface area is 152 Å². The van der Waals surface area contributed by atoms with E-state index in [2.05, 4.69) is 15.6 Å². The first-order valence-corrected chi connectivity index (χ1v) is 8.54. The molecule has 1 atom stereocenters. The van der Waals surface area contributed by atoms with Crippen LogP contribution in [-0.2, 0) is 4.79 Å². The summed E-state index contributed by atoms with van der Waals surface area (Å²) in [7, 11) is 0. The quantitative estimate of drug-likeness (QED) is 0.889. The predicted octanol–water partition coefficient (Wildman–Crippen LogP) is 2.74. The molecular formula is C20H21N3O3. The average molecular weight is 351 g/mol. The molecule has 2 N–H and O–H groups in total. The smallest absolute Gasteiger partial charge is 0.257 e. The van der Waals surface area contributed by atoms with Crippen LogP contribution in [0.15, 0.2) is 53.5 Å². The van der Waals surface area contributed by atoms with Gasteiger partial charge in [0.25, 0.3) is 5.91 Å². The third kappa shape index (κ3) is 4.08. The lowest BCUT2D eigenvalue weighted by molar-refractivity contribution is -0.120. The van der Waals surface area contributed by atoms with Gasteiger partial charge in [-0.05, 0) is 32.0 Å². The highest BCUT2D eigenvalue weighted by atomic mass is 16.5. The van der Waals surface area contributed by atoms with Crippen molar-refractivity contribution in [3.63, 3.8) is 0 Å². The first-order valence-electron chi connectivity index (χ1n) is 8.54. The van der Waals surface area contributed by atoms with Gasteiger partial charge in [-0.15, -0.1) is 0 Å². The van der Waals surface area contributed by atoms with Gasteiger partial charge in [0.1, 0.15) is 5.75 Å². The summed E-state index contributed by atoms with van der Waals surface area (Å²) in [5, 5.41) is 5.30. The molecule has 1 aliphatic heterocycles. The van der Waals surface area contributed by atoms with E-state index in [1.54, 1.807) is 12.1 Å². The number of amides is 2. The molecule has 134 valence electrons. The molecule has 0 bridgehead atoms. The second-order valence-corrected chi connectivity index (χ2v) is 6.04. The van der Waals surface area contributed by atoms with Crippen molar-refractivity contribution in [2.75, 3.05) is 6.61 Å². The Kier molecular flexibility index (Phi) is 5.31. The van der Waals surface area contributed by atoms with Crippen molar-refractivity contribution in [3.05, 3.63) is 65.2 Å². The number of ether oxygens (including phenoxy) is 1. The Bertz CT molecular complexity index is 861. The zero-order chi connectivity index (χ0) is 18.5. The van der Waals surface area contributed by atoms with E-state index < -0.39 is 6.04 Å². The molecule has 1 heterocycles. The normalized spacial score (nSPS) is 16.5. The minimum atomic E-state index is -0.403. The van der Waals surface area contributed by atoms with Crippen molar-refractivity contribution < 1.29 is 14.3 Å². The minimum absolute atomic E-state index is 0.157. The number of carbonyl (C=O) groups excluding carboxylic acids is 2. The molecule has 2 aromatic rings. The maximum absolute atomic E-state index is 12.4. The maximum Gasteiger partial charge on any atom is 0.257 e. The molecule has 0 aromatic heterocycles. The number of guanidine groups is 1. The first-order chi connectivity index (χ1) is 12.6. The molecule has 6 nitrogen and oxygen atoms in total. The Morgan fingerprint density at radius 1 is 1.27 bits per heavy atom. The molecular weight excluding hydrogens is 330 g/mol. The van der Waals surface area contributed by atoms with Gasteiger partial charge in [0, 0.05) is 11.1 Å². The summed E-state index contributed by atoms with van der Waals surface area (Å²) in [6.07, 6.45) is 0.202. The topological polar surface area (TPSA) is 79.8 Å². The Morgan fingerprint density at radius 3 is 2.85 bits per heavy atom. The highest BCUT2D eigenvalue weighted by Crippen LogP contribution is 2.31. The van der Waals surface area contributed by atoms with Gasteiger partial charge in [0.2, 0.25) is 11.9 Å². The Balaban J connectivity index is 1.84. The Hall–Kier alpha value is -3.15. The summed E-state index contributed by atoms with van der Waals surface area (Å²) < 4.78 is 5.64. The number of rotatable bonds is 4. The van der Waals surface area contributed by atoms with Crippen molar-refractivity contribution in [1.29, 1.82) is 0 Å². The van der Waals surface area contributed by atoms with E-state index >= 15 is 0 Å². The van der Waals surface area contributed by atoms with Gasteiger partial charge in [0.05, 0.1) is 19.1 Å². The molecule has 6 heteroatoms. The number of hydrogen-bond donors (Lipinski definition) is 2. The van der Waals surface area contributed by atoms with Crippen molar-refractivity contribution in [2.45, 2.75) is 26.3 Å². The van der Waals surface area contributed by atoms with Gasteiger partial charge in [-0.25, -0.2) is 4.99 Å². The number of nitrogens with zero attached hydrogens (tertiary/aromatic N) is 1. The van der Waals surface area contributed by atoms with Crippen LogP contribution in [0.2, 0.25) is 0 Å². The molecule has 0 saturated carbocycles.